The lowest BCUT2D eigenvalue weighted by Gasteiger charge is -2.18. The topological polar surface area (TPSA) is 37.3 Å². The fourth-order valence-electron chi connectivity index (χ4n) is 1.80. The minimum atomic E-state index is -1.54. The van der Waals surface area contributed by atoms with Gasteiger partial charge in [-0.15, -0.1) is 0 Å². The van der Waals surface area contributed by atoms with Gasteiger partial charge in [0.1, 0.15) is 6.10 Å². The molecular weight excluding hydrogens is 240 g/mol. The van der Waals surface area contributed by atoms with Crippen molar-refractivity contribution in [3.63, 3.8) is 0 Å². The molecule has 1 rings (SSSR count). The number of benzene rings is 1. The van der Waals surface area contributed by atoms with Crippen LogP contribution in [0.2, 0.25) is 19.6 Å². The van der Waals surface area contributed by atoms with Crippen LogP contribution in [0.1, 0.15) is 25.0 Å². The second kappa shape index (κ2) is 6.11. The Kier molecular flexibility index (Phi) is 5.05. The van der Waals surface area contributed by atoms with Crippen molar-refractivity contribution in [2.75, 3.05) is 0 Å². The van der Waals surface area contributed by atoms with Crippen LogP contribution in [-0.4, -0.2) is 19.0 Å². The summed E-state index contributed by atoms with van der Waals surface area (Å²) in [6.45, 7) is 8.31. The van der Waals surface area contributed by atoms with Gasteiger partial charge in [0.2, 0.25) is 0 Å². The smallest absolute Gasteiger partial charge is 0.160 e. The summed E-state index contributed by atoms with van der Waals surface area (Å²) in [5.41, 5.74) is 3.35. The van der Waals surface area contributed by atoms with E-state index >= 15 is 0 Å². The third-order valence-electron chi connectivity index (χ3n) is 2.64. The van der Waals surface area contributed by atoms with Crippen molar-refractivity contribution in [1.82, 2.24) is 0 Å². The fourth-order valence-corrected chi connectivity index (χ4v) is 3.05. The summed E-state index contributed by atoms with van der Waals surface area (Å²) in [5, 5.41) is 10.4. The highest BCUT2D eigenvalue weighted by Gasteiger charge is 2.22. The van der Waals surface area contributed by atoms with Crippen molar-refractivity contribution < 1.29 is 9.90 Å². The molecule has 18 heavy (non-hydrogen) atoms. The zero-order chi connectivity index (χ0) is 13.8. The molecule has 1 aromatic rings. The zero-order valence-corrected chi connectivity index (χ0v) is 12.6. The summed E-state index contributed by atoms with van der Waals surface area (Å²) in [5.74, 6) is 0.0359. The molecule has 0 bridgehead atoms. The Hall–Kier alpha value is -1.19. The number of carbonyl (C=O) groups excluding carboxylic acids is 1. The summed E-state index contributed by atoms with van der Waals surface area (Å²) in [6, 6.07) is 9.36. The standard InChI is InChI=1S/C15H22O2Si/c1-5-14(16)13(11-18(2,3)4)15(17)12-9-7-6-8-10-12/h6-11,15,17H,5H2,1-4H3/b13-11+. The van der Waals surface area contributed by atoms with Gasteiger partial charge in [-0.3, -0.25) is 4.79 Å². The highest BCUT2D eigenvalue weighted by molar-refractivity contribution is 6.81. The lowest BCUT2D eigenvalue weighted by molar-refractivity contribution is -0.116. The van der Waals surface area contributed by atoms with Gasteiger partial charge < -0.3 is 5.11 Å². The number of carbonyl (C=O) groups is 1. The maximum atomic E-state index is 12.0. The molecule has 0 aromatic heterocycles. The third kappa shape index (κ3) is 4.24. The molecule has 0 heterocycles. The Morgan fingerprint density at radius 2 is 1.83 bits per heavy atom. The first kappa shape index (κ1) is 14.9. The van der Waals surface area contributed by atoms with Crippen molar-refractivity contribution in [1.29, 1.82) is 0 Å². The summed E-state index contributed by atoms with van der Waals surface area (Å²) >= 11 is 0. The van der Waals surface area contributed by atoms with Gasteiger partial charge in [-0.25, -0.2) is 0 Å². The molecule has 1 unspecified atom stereocenters. The molecule has 0 amide bonds. The number of Topliss-reactive ketones (excluding diaryl/α,β-unsaturated/α-hetero) is 1. The second-order valence-electron chi connectivity index (χ2n) is 5.56. The quantitative estimate of drug-likeness (QED) is 0.651. The van der Waals surface area contributed by atoms with E-state index in [4.69, 9.17) is 0 Å². The van der Waals surface area contributed by atoms with E-state index < -0.39 is 14.2 Å². The van der Waals surface area contributed by atoms with Gasteiger partial charge in [-0.05, 0) is 5.56 Å². The minimum Gasteiger partial charge on any atom is -0.384 e. The summed E-state index contributed by atoms with van der Waals surface area (Å²) < 4.78 is 0. The molecule has 0 saturated heterocycles. The number of hydrogen-bond donors (Lipinski definition) is 1. The van der Waals surface area contributed by atoms with E-state index in [0.717, 1.165) is 5.56 Å². The van der Waals surface area contributed by atoms with E-state index in [1.165, 1.54) is 0 Å². The van der Waals surface area contributed by atoms with Gasteiger partial charge in [-0.2, -0.15) is 0 Å². The molecule has 0 radical (unpaired) electrons. The van der Waals surface area contributed by atoms with E-state index in [9.17, 15) is 9.90 Å². The van der Waals surface area contributed by atoms with Crippen molar-refractivity contribution in [2.45, 2.75) is 39.1 Å². The molecule has 3 heteroatoms. The normalized spacial score (nSPS) is 14.4. The second-order valence-corrected chi connectivity index (χ2v) is 10.6. The van der Waals surface area contributed by atoms with Crippen LogP contribution in [0.4, 0.5) is 0 Å². The van der Waals surface area contributed by atoms with Gasteiger partial charge in [0.25, 0.3) is 0 Å². The van der Waals surface area contributed by atoms with Crippen LogP contribution in [0, 0.1) is 0 Å². The van der Waals surface area contributed by atoms with Crippen LogP contribution in [-0.2, 0) is 4.79 Å². The average Bonchev–Trinajstić information content (AvgIpc) is 2.34. The number of hydrogen-bond acceptors (Lipinski definition) is 2. The van der Waals surface area contributed by atoms with E-state index in [-0.39, 0.29) is 5.78 Å². The molecule has 0 spiro atoms. The third-order valence-corrected chi connectivity index (χ3v) is 3.82. The Morgan fingerprint density at radius 1 is 1.28 bits per heavy atom. The highest BCUT2D eigenvalue weighted by Crippen LogP contribution is 2.25. The van der Waals surface area contributed by atoms with Crippen LogP contribution in [0.25, 0.3) is 0 Å². The van der Waals surface area contributed by atoms with E-state index in [1.54, 1.807) is 0 Å². The van der Waals surface area contributed by atoms with E-state index in [2.05, 4.69) is 19.6 Å². The highest BCUT2D eigenvalue weighted by atomic mass is 28.3. The van der Waals surface area contributed by atoms with Crippen molar-refractivity contribution in [3.8, 4) is 0 Å². The van der Waals surface area contributed by atoms with Crippen LogP contribution in [0.15, 0.2) is 41.6 Å². The van der Waals surface area contributed by atoms with Gasteiger partial charge in [0.05, 0.1) is 8.07 Å². The van der Waals surface area contributed by atoms with Crippen LogP contribution < -0.4 is 0 Å². The first-order valence-electron chi connectivity index (χ1n) is 6.34. The Bertz CT molecular complexity index is 430. The van der Waals surface area contributed by atoms with Gasteiger partial charge in [0, 0.05) is 12.0 Å². The maximum Gasteiger partial charge on any atom is 0.160 e. The summed E-state index contributed by atoms with van der Waals surface area (Å²) in [4.78, 5) is 12.0. The zero-order valence-electron chi connectivity index (χ0n) is 11.6. The Balaban J connectivity index is 3.13. The van der Waals surface area contributed by atoms with Crippen LogP contribution in [0.3, 0.4) is 0 Å². The average molecular weight is 262 g/mol. The van der Waals surface area contributed by atoms with Crippen molar-refractivity contribution >= 4 is 13.9 Å². The molecule has 0 saturated carbocycles. The molecule has 2 nitrogen and oxygen atoms in total. The molecule has 98 valence electrons. The summed E-state index contributed by atoms with van der Waals surface area (Å²) in [7, 11) is -1.54. The van der Waals surface area contributed by atoms with Crippen molar-refractivity contribution in [3.05, 3.63) is 47.2 Å². The lowest BCUT2D eigenvalue weighted by atomic mass is 9.98. The largest absolute Gasteiger partial charge is 0.384 e. The van der Waals surface area contributed by atoms with Gasteiger partial charge in [-0.1, -0.05) is 62.6 Å². The molecule has 0 fully saturated rings. The molecule has 0 aliphatic heterocycles. The van der Waals surface area contributed by atoms with Gasteiger partial charge >= 0.3 is 0 Å². The number of rotatable bonds is 5. The monoisotopic (exact) mass is 262 g/mol. The van der Waals surface area contributed by atoms with Crippen LogP contribution in [0.5, 0.6) is 0 Å². The van der Waals surface area contributed by atoms with Gasteiger partial charge in [0.15, 0.2) is 5.78 Å². The minimum absolute atomic E-state index is 0.0359. The van der Waals surface area contributed by atoms with E-state index in [0.29, 0.717) is 12.0 Å². The molecule has 0 aliphatic carbocycles. The Labute approximate surface area is 110 Å². The Morgan fingerprint density at radius 3 is 2.28 bits per heavy atom. The lowest BCUT2D eigenvalue weighted by Crippen LogP contribution is -2.21. The first-order valence-corrected chi connectivity index (χ1v) is 9.92. The number of aliphatic hydroxyl groups excluding tert-OH is 1. The first-order chi connectivity index (χ1) is 8.35. The predicted octanol–water partition coefficient (Wildman–Crippen LogP) is 3.50. The molecule has 0 aliphatic rings. The fraction of sp³-hybridized carbons (Fsp3) is 0.400. The SMILES string of the molecule is CCC(=O)/C(=C\[Si](C)(C)C)C(O)c1ccccc1. The molecule has 1 N–H and O–H groups in total. The van der Waals surface area contributed by atoms with Crippen molar-refractivity contribution in [2.24, 2.45) is 0 Å². The summed E-state index contributed by atoms with van der Waals surface area (Å²) in [6.07, 6.45) is -0.370. The number of ketones is 1. The predicted molar refractivity (Wildman–Crippen MR) is 78.1 cm³/mol. The molecule has 1 atom stereocenters. The van der Waals surface area contributed by atoms with Crippen LogP contribution >= 0.6 is 0 Å². The molecular formula is C15H22O2Si. The van der Waals surface area contributed by atoms with E-state index in [1.807, 2.05) is 43.0 Å². The maximum absolute atomic E-state index is 12.0. The molecule has 1 aromatic carbocycles. The number of aliphatic hydroxyl groups is 1.